The van der Waals surface area contributed by atoms with Crippen molar-refractivity contribution in [3.8, 4) is 11.5 Å². The molecule has 0 bridgehead atoms. The summed E-state index contributed by atoms with van der Waals surface area (Å²) in [4.78, 5) is 16.6. The molecule has 1 aliphatic rings. The Morgan fingerprint density at radius 3 is 2.67 bits per heavy atom. The zero-order chi connectivity index (χ0) is 17.5. The van der Waals surface area contributed by atoms with Crippen molar-refractivity contribution in [3.63, 3.8) is 0 Å². The molecule has 2 aromatic rings. The molecule has 2 heterocycles. The number of aromatic nitrogens is 3. The molecule has 7 nitrogen and oxygen atoms in total. The number of ether oxygens (including phenoxy) is 2. The Morgan fingerprint density at radius 1 is 1.29 bits per heavy atom. The van der Waals surface area contributed by atoms with Crippen molar-refractivity contribution < 1.29 is 14.3 Å². The van der Waals surface area contributed by atoms with E-state index in [9.17, 15) is 4.79 Å². The maximum atomic E-state index is 12.3. The van der Waals surface area contributed by atoms with Crippen molar-refractivity contribution in [2.24, 2.45) is 0 Å². The van der Waals surface area contributed by atoms with Crippen LogP contribution in [0.1, 0.15) is 44.9 Å². The van der Waals surface area contributed by atoms with Crippen LogP contribution in [0.25, 0.3) is 0 Å². The van der Waals surface area contributed by atoms with Crippen LogP contribution in [0.3, 0.4) is 0 Å². The molecule has 1 N–H and O–H groups in total. The minimum Gasteiger partial charge on any atom is -0.449 e. The van der Waals surface area contributed by atoms with Gasteiger partial charge in [0, 0.05) is 32.0 Å². The van der Waals surface area contributed by atoms with E-state index in [1.54, 1.807) is 22.9 Å². The molecule has 0 radical (unpaired) electrons. The maximum Gasteiger partial charge on any atom is 0.246 e. The average Bonchev–Trinajstić information content (AvgIpc) is 2.95. The van der Waals surface area contributed by atoms with Gasteiger partial charge >= 0.3 is 0 Å². The van der Waals surface area contributed by atoms with Crippen LogP contribution < -0.4 is 14.8 Å². The molecule has 1 aliphatic heterocycles. The number of nitrogens with one attached hydrogen (secondary N) is 1. The van der Waals surface area contributed by atoms with E-state index in [-0.39, 0.29) is 11.9 Å². The Morgan fingerprint density at radius 2 is 2.00 bits per heavy atom. The molecule has 0 spiro atoms. The van der Waals surface area contributed by atoms with Gasteiger partial charge in [-0.2, -0.15) is 5.10 Å². The van der Waals surface area contributed by atoms with E-state index >= 15 is 0 Å². The molecule has 1 amide bonds. The normalized spacial score (nSPS) is 16.0. The van der Waals surface area contributed by atoms with E-state index in [2.05, 4.69) is 15.4 Å². The first-order valence-corrected chi connectivity index (χ1v) is 7.95. The zero-order valence-electron chi connectivity index (χ0n) is 14.6. The Kier molecular flexibility index (Phi) is 3.95. The topological polar surface area (TPSA) is 78.3 Å². The van der Waals surface area contributed by atoms with Crippen LogP contribution in [0.5, 0.6) is 11.5 Å². The van der Waals surface area contributed by atoms with Crippen LogP contribution >= 0.6 is 0 Å². The van der Waals surface area contributed by atoms with Crippen LogP contribution in [-0.4, -0.2) is 26.5 Å². The van der Waals surface area contributed by atoms with Gasteiger partial charge in [0.15, 0.2) is 11.5 Å². The first-order valence-electron chi connectivity index (χ1n) is 7.95. The molecule has 1 unspecified atom stereocenters. The molecule has 0 saturated carbocycles. The van der Waals surface area contributed by atoms with E-state index < -0.39 is 5.79 Å². The van der Waals surface area contributed by atoms with Crippen molar-refractivity contribution in [2.75, 3.05) is 5.32 Å². The number of rotatable bonds is 4. The van der Waals surface area contributed by atoms with E-state index in [4.69, 9.17) is 9.47 Å². The van der Waals surface area contributed by atoms with Gasteiger partial charge in [-0.15, -0.1) is 0 Å². The lowest BCUT2D eigenvalue weighted by atomic mass is 10.2. The Hall–Kier alpha value is -2.57. The summed E-state index contributed by atoms with van der Waals surface area (Å²) in [6.07, 6.45) is 0.309. The van der Waals surface area contributed by atoms with E-state index in [0.29, 0.717) is 29.4 Å². The van der Waals surface area contributed by atoms with Crippen LogP contribution in [0.2, 0.25) is 0 Å². The number of carbonyl (C=O) groups excluding carboxylic acids is 1. The first kappa shape index (κ1) is 16.3. The van der Waals surface area contributed by atoms with Crippen LogP contribution in [0.4, 0.5) is 5.69 Å². The lowest BCUT2D eigenvalue weighted by Gasteiger charge is -2.16. The van der Waals surface area contributed by atoms with Gasteiger partial charge in [-0.25, -0.2) is 9.67 Å². The highest BCUT2D eigenvalue weighted by Gasteiger charge is 2.31. The summed E-state index contributed by atoms with van der Waals surface area (Å²) in [6.45, 7) is 9.35. The second kappa shape index (κ2) is 5.81. The number of fused-ring (bicyclic) bond motifs is 1. The fourth-order valence-electron chi connectivity index (χ4n) is 2.82. The summed E-state index contributed by atoms with van der Waals surface area (Å²) in [5.74, 6) is 2.06. The number of hydrogen-bond acceptors (Lipinski definition) is 5. The van der Waals surface area contributed by atoms with Gasteiger partial charge in [-0.3, -0.25) is 4.79 Å². The second-order valence-corrected chi connectivity index (χ2v) is 6.52. The number of benzene rings is 1. The Bertz CT molecular complexity index is 782. The fourth-order valence-corrected chi connectivity index (χ4v) is 2.82. The third-order valence-corrected chi connectivity index (χ3v) is 3.74. The van der Waals surface area contributed by atoms with Crippen LogP contribution in [0.15, 0.2) is 18.2 Å². The standard InChI is InChI=1S/C17H22N4O3/c1-10(21-12(3)18-11(2)20-21)8-16(22)19-13-6-7-14-15(9-13)24-17(4,5)23-14/h6-7,9-10H,8H2,1-5H3,(H,19,22). The van der Waals surface area contributed by atoms with Crippen molar-refractivity contribution in [3.05, 3.63) is 29.8 Å². The minimum atomic E-state index is -0.679. The van der Waals surface area contributed by atoms with Gasteiger partial charge in [0.25, 0.3) is 0 Å². The summed E-state index contributed by atoms with van der Waals surface area (Å²) < 4.78 is 13.1. The molecule has 1 aromatic carbocycles. The minimum absolute atomic E-state index is 0.0702. The molecule has 3 rings (SSSR count). The number of aryl methyl sites for hydroxylation is 2. The van der Waals surface area contributed by atoms with Crippen LogP contribution in [-0.2, 0) is 4.79 Å². The molecule has 24 heavy (non-hydrogen) atoms. The molecule has 128 valence electrons. The van der Waals surface area contributed by atoms with Crippen molar-refractivity contribution in [1.29, 1.82) is 0 Å². The van der Waals surface area contributed by atoms with Crippen LogP contribution in [0, 0.1) is 13.8 Å². The second-order valence-electron chi connectivity index (χ2n) is 6.52. The number of anilines is 1. The monoisotopic (exact) mass is 330 g/mol. The smallest absolute Gasteiger partial charge is 0.246 e. The molecule has 0 fully saturated rings. The maximum absolute atomic E-state index is 12.3. The van der Waals surface area contributed by atoms with Crippen molar-refractivity contribution in [1.82, 2.24) is 14.8 Å². The van der Waals surface area contributed by atoms with Gasteiger partial charge in [-0.05, 0) is 32.9 Å². The van der Waals surface area contributed by atoms with E-state index in [1.165, 1.54) is 0 Å². The first-order chi connectivity index (χ1) is 11.2. The van der Waals surface area contributed by atoms with Gasteiger partial charge < -0.3 is 14.8 Å². The van der Waals surface area contributed by atoms with Crippen molar-refractivity contribution >= 4 is 11.6 Å². The Balaban J connectivity index is 1.65. The molecule has 1 aromatic heterocycles. The largest absolute Gasteiger partial charge is 0.449 e. The van der Waals surface area contributed by atoms with Gasteiger partial charge in [-0.1, -0.05) is 0 Å². The summed E-state index contributed by atoms with van der Waals surface area (Å²) in [6, 6.07) is 5.31. The average molecular weight is 330 g/mol. The fraction of sp³-hybridized carbons (Fsp3) is 0.471. The highest BCUT2D eigenvalue weighted by molar-refractivity contribution is 5.91. The van der Waals surface area contributed by atoms with E-state index in [1.807, 2.05) is 34.6 Å². The number of hydrogen-bond donors (Lipinski definition) is 1. The predicted octanol–water partition coefficient (Wildman–Crippen LogP) is 2.99. The lowest BCUT2D eigenvalue weighted by molar-refractivity contribution is -0.116. The third kappa shape index (κ3) is 3.34. The number of carbonyl (C=O) groups is 1. The quantitative estimate of drug-likeness (QED) is 0.932. The third-order valence-electron chi connectivity index (χ3n) is 3.74. The molecule has 0 aliphatic carbocycles. The van der Waals surface area contributed by atoms with Gasteiger partial charge in [0.2, 0.25) is 11.7 Å². The number of amides is 1. The summed E-state index contributed by atoms with van der Waals surface area (Å²) in [5.41, 5.74) is 0.679. The summed E-state index contributed by atoms with van der Waals surface area (Å²) in [7, 11) is 0. The van der Waals surface area contributed by atoms with Gasteiger partial charge in [0.05, 0.1) is 6.04 Å². The zero-order valence-corrected chi connectivity index (χ0v) is 14.6. The highest BCUT2D eigenvalue weighted by atomic mass is 16.7. The molecule has 1 atom stereocenters. The van der Waals surface area contributed by atoms with Gasteiger partial charge in [0.1, 0.15) is 11.6 Å². The number of nitrogens with zero attached hydrogens (tertiary/aromatic N) is 3. The molecular formula is C17H22N4O3. The molecule has 0 saturated heterocycles. The summed E-state index contributed by atoms with van der Waals surface area (Å²) >= 11 is 0. The van der Waals surface area contributed by atoms with E-state index in [0.717, 1.165) is 5.82 Å². The predicted molar refractivity (Wildman–Crippen MR) is 89.2 cm³/mol. The molecule has 7 heteroatoms. The lowest BCUT2D eigenvalue weighted by Crippen LogP contribution is -2.29. The van der Waals surface area contributed by atoms with Crippen molar-refractivity contribution in [2.45, 2.75) is 52.9 Å². The summed E-state index contributed by atoms with van der Waals surface area (Å²) in [5, 5.41) is 7.21. The SMILES string of the molecule is Cc1nc(C)n(C(C)CC(=O)Nc2ccc3c(c2)OC(C)(C)O3)n1. The Labute approximate surface area is 141 Å². The highest BCUT2D eigenvalue weighted by Crippen LogP contribution is 2.40. The molecular weight excluding hydrogens is 308 g/mol.